The Bertz CT molecular complexity index is 2810. The Morgan fingerprint density at radius 1 is 0.631 bits per heavy atom. The Hall–Kier alpha value is -4.46. The molecule has 0 aromatic heterocycles. The van der Waals surface area contributed by atoms with Gasteiger partial charge in [-0.15, -0.1) is 0 Å². The number of nitrogens with one attached hydrogen (secondary N) is 2. The van der Waals surface area contributed by atoms with Crippen molar-refractivity contribution in [2.75, 3.05) is 11.5 Å². The molecule has 22 heteroatoms. The van der Waals surface area contributed by atoms with E-state index in [-0.39, 0.29) is 34.5 Å². The zero-order valence-corrected chi connectivity index (χ0v) is 50.4. The molecular formula is C62H84N2O18S2. The van der Waals surface area contributed by atoms with Crippen molar-refractivity contribution in [3.63, 3.8) is 0 Å². The number of allylic oxidation sites excluding steroid dienone is 2. The van der Waals surface area contributed by atoms with Gasteiger partial charge in [0.05, 0.1) is 11.5 Å². The van der Waals surface area contributed by atoms with E-state index in [1.807, 2.05) is 87.5 Å². The van der Waals surface area contributed by atoms with Crippen molar-refractivity contribution in [2.45, 2.75) is 197 Å². The number of fused-ring (bicyclic) bond motifs is 7. The van der Waals surface area contributed by atoms with Gasteiger partial charge >= 0.3 is 17.9 Å². The zero-order valence-electron chi connectivity index (χ0n) is 48.8. The minimum atomic E-state index is -2.15. The number of aliphatic hydroxyl groups is 5. The molecule has 0 bridgehead atoms. The van der Waals surface area contributed by atoms with Crippen LogP contribution in [0.15, 0.2) is 72.3 Å². The molecule has 9 rings (SSSR count). The molecule has 21 atom stereocenters. The molecule has 2 aromatic rings. The SMILES string of the molecule is CC1(C)[C@@H](O[C@@H]2O[C@H](C(=O)N[C@@H](CSCc3ccccc3)C(=O)O)[C@@H](O)[C@H](O)[C@H]2O[C@@H]2O[C@H](C(=O)N[C@@H](CSCc3ccccc3)C(=O)O)[C@@H](O)[C@H](O)[C@H]2O)CC[C@]2(C)[C@H]3C(=O)C=C4[C@@H]5C[C@@](C)(C(=O)O)CC[C@]5(C)CC[C@@]4(C)[C@]3(C)CC[C@@H]12. The first-order valence-electron chi connectivity index (χ1n) is 29.3. The Labute approximate surface area is 498 Å². The van der Waals surface area contributed by atoms with Gasteiger partial charge in [0.15, 0.2) is 30.6 Å². The number of carbonyl (C=O) groups excluding carboxylic acids is 3. The van der Waals surface area contributed by atoms with Crippen molar-refractivity contribution >= 4 is 59.0 Å². The molecule has 0 unspecified atom stereocenters. The predicted octanol–water partition coefficient (Wildman–Crippen LogP) is 5.08. The number of carbonyl (C=O) groups is 6. The lowest BCUT2D eigenvalue weighted by molar-refractivity contribution is -0.369. The highest BCUT2D eigenvalue weighted by atomic mass is 32.2. The Morgan fingerprint density at radius 2 is 1.15 bits per heavy atom. The number of rotatable bonds is 19. The van der Waals surface area contributed by atoms with Crippen molar-refractivity contribution in [3.8, 4) is 0 Å². The van der Waals surface area contributed by atoms with Gasteiger partial charge in [0, 0.05) is 28.9 Å². The van der Waals surface area contributed by atoms with Gasteiger partial charge in [-0.3, -0.25) is 19.2 Å². The molecular weight excluding hydrogens is 1120 g/mol. The van der Waals surface area contributed by atoms with Crippen LogP contribution in [0.25, 0.3) is 0 Å². The maximum absolute atomic E-state index is 15.2. The van der Waals surface area contributed by atoms with Crippen LogP contribution >= 0.6 is 23.5 Å². The second-order valence-electron chi connectivity index (χ2n) is 26.7. The first-order chi connectivity index (χ1) is 39.5. The Kier molecular flexibility index (Phi) is 18.8. The molecule has 6 fully saturated rings. The second kappa shape index (κ2) is 24.6. The number of benzene rings is 2. The summed E-state index contributed by atoms with van der Waals surface area (Å²) in [6.07, 6.45) is -13.8. The molecule has 2 aliphatic heterocycles. The highest BCUT2D eigenvalue weighted by Crippen LogP contribution is 2.75. The third-order valence-corrected chi connectivity index (χ3v) is 23.5. The van der Waals surface area contributed by atoms with Gasteiger partial charge in [0.25, 0.3) is 11.8 Å². The van der Waals surface area contributed by atoms with Crippen LogP contribution in [0.5, 0.6) is 0 Å². The maximum atomic E-state index is 15.2. The molecule has 462 valence electrons. The number of carboxylic acid groups (broad SMARTS) is 3. The Morgan fingerprint density at radius 3 is 1.69 bits per heavy atom. The van der Waals surface area contributed by atoms with Crippen LogP contribution in [-0.4, -0.2) is 167 Å². The van der Waals surface area contributed by atoms with E-state index < -0.39 is 142 Å². The van der Waals surface area contributed by atoms with Crippen molar-refractivity contribution in [2.24, 2.45) is 50.2 Å². The fourth-order valence-electron chi connectivity index (χ4n) is 16.0. The van der Waals surface area contributed by atoms with Crippen molar-refractivity contribution < 1.29 is 88.6 Å². The molecule has 0 spiro atoms. The molecule has 2 amide bonds. The maximum Gasteiger partial charge on any atom is 0.327 e. The van der Waals surface area contributed by atoms with E-state index in [2.05, 4.69) is 38.3 Å². The van der Waals surface area contributed by atoms with Crippen LogP contribution < -0.4 is 10.6 Å². The van der Waals surface area contributed by atoms with E-state index in [0.717, 1.165) is 36.0 Å². The second-order valence-corrected chi connectivity index (χ2v) is 28.8. The van der Waals surface area contributed by atoms with E-state index in [4.69, 9.17) is 18.9 Å². The normalized spacial score (nSPS) is 40.5. The lowest BCUT2D eigenvalue weighted by atomic mass is 9.33. The van der Waals surface area contributed by atoms with Crippen LogP contribution in [0.2, 0.25) is 0 Å². The highest BCUT2D eigenvalue weighted by molar-refractivity contribution is 7.98. The number of hydrogen-bond donors (Lipinski definition) is 10. The number of thioether (sulfide) groups is 2. The van der Waals surface area contributed by atoms with E-state index in [9.17, 15) is 64.8 Å². The predicted molar refractivity (Wildman–Crippen MR) is 309 cm³/mol. The summed E-state index contributed by atoms with van der Waals surface area (Å²) in [6, 6.07) is 15.5. The average Bonchev–Trinajstić information content (AvgIpc) is 0.690. The Balaban J connectivity index is 0.975. The minimum absolute atomic E-state index is 0.0260. The molecule has 10 N–H and O–H groups in total. The summed E-state index contributed by atoms with van der Waals surface area (Å²) in [7, 11) is 0. The first-order valence-corrected chi connectivity index (χ1v) is 31.6. The van der Waals surface area contributed by atoms with E-state index in [1.165, 1.54) is 23.5 Å². The van der Waals surface area contributed by atoms with Gasteiger partial charge in [-0.2, -0.15) is 23.5 Å². The van der Waals surface area contributed by atoms with E-state index >= 15 is 4.79 Å². The largest absolute Gasteiger partial charge is 0.481 e. The smallest absolute Gasteiger partial charge is 0.327 e. The topological polar surface area (TPSA) is 325 Å². The number of ether oxygens (including phenoxy) is 4. The standard InChI is InChI=1S/C62H84N2O18S2/c1-57(2)39-18-21-62(7)49(38(65)26-34-35-27-59(4,56(77)78)23-22-58(35,3)24-25-61(34,62)6)60(39,5)20-19-40(57)79-55-48(44(69)43(68)47(81-55)51(72)64-37(53(75)76)31-84-29-33-16-12-9-13-17-33)82-54-45(70)41(66)42(67)46(80-54)50(71)63-36(52(73)74)30-83-28-32-14-10-8-11-15-32/h8-17,26,35-37,39-49,54-55,66-70H,18-25,27-31H2,1-7H3,(H,63,71)(H,64,72)(H,73,74)(H,75,76)(H,77,78)/t35-,36-,37-,39-,40-,41-,42-,43-,44-,45+,46-,47-,48+,49+,54-,55+,58+,59-,60-,61+,62+/m0/s1. The van der Waals surface area contributed by atoms with Crippen molar-refractivity contribution in [1.82, 2.24) is 10.6 Å². The van der Waals surface area contributed by atoms with Crippen LogP contribution in [0, 0.1) is 50.2 Å². The fraction of sp³-hybridized carbons (Fsp3) is 0.677. The van der Waals surface area contributed by atoms with Crippen LogP contribution in [0.4, 0.5) is 0 Å². The molecule has 5 aliphatic carbocycles. The summed E-state index contributed by atoms with van der Waals surface area (Å²) in [5.41, 5.74) is -0.458. The molecule has 20 nitrogen and oxygen atoms in total. The molecule has 2 aromatic carbocycles. The third-order valence-electron chi connectivity index (χ3n) is 21.3. The van der Waals surface area contributed by atoms with Gasteiger partial charge in [0.1, 0.15) is 48.7 Å². The summed E-state index contributed by atoms with van der Waals surface area (Å²) in [5, 5.41) is 93.2. The summed E-state index contributed by atoms with van der Waals surface area (Å²) in [4.78, 5) is 81.0. The highest BCUT2D eigenvalue weighted by Gasteiger charge is 2.71. The van der Waals surface area contributed by atoms with Crippen LogP contribution in [0.1, 0.15) is 117 Å². The molecule has 7 aliphatic rings. The quantitative estimate of drug-likeness (QED) is 0.0820. The number of carboxylic acids is 3. The number of aliphatic hydroxyl groups excluding tert-OH is 5. The van der Waals surface area contributed by atoms with E-state index in [1.54, 1.807) is 0 Å². The first kappa shape index (κ1) is 64.0. The van der Waals surface area contributed by atoms with E-state index in [0.29, 0.717) is 50.0 Å². The molecule has 84 heavy (non-hydrogen) atoms. The lowest BCUT2D eigenvalue weighted by Gasteiger charge is -2.70. The summed E-state index contributed by atoms with van der Waals surface area (Å²) < 4.78 is 25.3. The molecule has 2 heterocycles. The van der Waals surface area contributed by atoms with Gasteiger partial charge in [-0.25, -0.2) is 9.59 Å². The number of amides is 2. The number of hydrogen-bond acceptors (Lipinski definition) is 17. The monoisotopic (exact) mass is 1210 g/mol. The summed E-state index contributed by atoms with van der Waals surface area (Å²) in [6.45, 7) is 14.8. The molecule has 0 radical (unpaired) electrons. The van der Waals surface area contributed by atoms with Crippen LogP contribution in [0.3, 0.4) is 0 Å². The van der Waals surface area contributed by atoms with Crippen molar-refractivity contribution in [3.05, 3.63) is 83.4 Å². The third kappa shape index (κ3) is 11.9. The minimum Gasteiger partial charge on any atom is -0.481 e. The average molecular weight is 1210 g/mol. The van der Waals surface area contributed by atoms with Gasteiger partial charge in [-0.05, 0) is 121 Å². The summed E-state index contributed by atoms with van der Waals surface area (Å²) in [5.74, 6) is -5.91. The zero-order chi connectivity index (χ0) is 61.1. The lowest BCUT2D eigenvalue weighted by Crippen LogP contribution is -2.69. The number of ketones is 1. The fourth-order valence-corrected chi connectivity index (χ4v) is 18.0. The summed E-state index contributed by atoms with van der Waals surface area (Å²) >= 11 is 2.46. The molecule has 2 saturated heterocycles. The van der Waals surface area contributed by atoms with Gasteiger partial charge in [0.2, 0.25) is 0 Å². The van der Waals surface area contributed by atoms with Crippen molar-refractivity contribution in [1.29, 1.82) is 0 Å². The number of aliphatic carboxylic acids is 3. The van der Waals surface area contributed by atoms with Gasteiger partial charge < -0.3 is 70.4 Å². The van der Waals surface area contributed by atoms with Crippen LogP contribution in [-0.2, 0) is 59.2 Å². The van der Waals surface area contributed by atoms with Gasteiger partial charge in [-0.1, -0.05) is 108 Å². The molecule has 4 saturated carbocycles.